The van der Waals surface area contributed by atoms with E-state index in [-0.39, 0.29) is 27.9 Å². The molecule has 11 heteroatoms. The summed E-state index contributed by atoms with van der Waals surface area (Å²) in [7, 11) is 9.14. The molecule has 9 aliphatic rings. The van der Waals surface area contributed by atoms with Crippen LogP contribution < -0.4 is 69.7 Å². The maximum absolute atomic E-state index is 2.71. The van der Waals surface area contributed by atoms with Crippen LogP contribution in [0, 0.1) is 0 Å². The van der Waals surface area contributed by atoms with Crippen molar-refractivity contribution in [1.29, 1.82) is 0 Å². The fourth-order valence-corrected chi connectivity index (χ4v) is 18.1. The Bertz CT molecular complexity index is 3990. The molecule has 10 aromatic rings. The zero-order valence-corrected chi connectivity index (χ0v) is 39.7. The molecule has 0 spiro atoms. The van der Waals surface area contributed by atoms with E-state index in [1.54, 1.807) is 8.67 Å². The summed E-state index contributed by atoms with van der Waals surface area (Å²) in [5.41, 5.74) is 31.5. The van der Waals surface area contributed by atoms with E-state index < -0.39 is 0 Å². The first kappa shape index (κ1) is 35.2. The molecular weight excluding hydrogens is 909 g/mol. The van der Waals surface area contributed by atoms with Crippen LogP contribution in [0.25, 0.3) is 21.5 Å². The first-order valence-corrected chi connectivity index (χ1v) is 25.8. The Hall–Kier alpha value is -7.97. The van der Waals surface area contributed by atoms with Gasteiger partial charge in [-0.1, -0.05) is 0 Å². The molecule has 0 aliphatic carbocycles. The van der Waals surface area contributed by atoms with Gasteiger partial charge in [-0.2, -0.15) is 0 Å². The van der Waals surface area contributed by atoms with E-state index in [0.29, 0.717) is 0 Å². The second kappa shape index (κ2) is 11.1. The Morgan fingerprint density at radius 3 is 1.14 bits per heavy atom. The van der Waals surface area contributed by atoms with Gasteiger partial charge in [0.25, 0.3) is 0 Å². The van der Waals surface area contributed by atoms with Gasteiger partial charge < -0.3 is 0 Å². The third kappa shape index (κ3) is 3.54. The second-order valence-electron chi connectivity index (χ2n) is 20.3. The topological polar surface area (TPSA) is 25.9 Å². The first-order valence-electron chi connectivity index (χ1n) is 24.1. The van der Waals surface area contributed by atoms with Crippen LogP contribution in [0.1, 0.15) is 0 Å². The van der Waals surface area contributed by atoms with Crippen molar-refractivity contribution in [2.75, 3.05) is 67.4 Å². The molecule has 0 fully saturated rings. The summed E-state index contributed by atoms with van der Waals surface area (Å²) < 4.78 is 3.14. The van der Waals surface area contributed by atoms with Crippen molar-refractivity contribution in [1.82, 2.24) is 0 Å². The zero-order valence-electron chi connectivity index (χ0n) is 38.0. The fourth-order valence-electron chi connectivity index (χ4n) is 14.9. The maximum atomic E-state index is 2.71. The predicted octanol–water partition coefficient (Wildman–Crippen LogP) is 9.85. The van der Waals surface area contributed by atoms with E-state index >= 15 is 0 Å². The van der Waals surface area contributed by atoms with E-state index in [1.807, 2.05) is 0 Å². The third-order valence-electron chi connectivity index (χ3n) is 17.5. The van der Waals surface area contributed by atoms with Crippen molar-refractivity contribution in [3.63, 3.8) is 0 Å². The molecule has 0 unspecified atom stereocenters. The van der Waals surface area contributed by atoms with E-state index in [0.717, 1.165) is 0 Å². The Kier molecular flexibility index (Phi) is 5.68. The molecule has 69 heavy (non-hydrogen) atoms. The third-order valence-corrected chi connectivity index (χ3v) is 20.2. The number of benzene rings is 9. The van der Waals surface area contributed by atoms with Crippen LogP contribution in [-0.4, -0.2) is 56.1 Å². The quantitative estimate of drug-likeness (QED) is 0.139. The van der Waals surface area contributed by atoms with Gasteiger partial charge in [-0.05, 0) is 0 Å². The van der Waals surface area contributed by atoms with Crippen molar-refractivity contribution in [3.05, 3.63) is 146 Å². The van der Waals surface area contributed by atoms with Crippen molar-refractivity contribution >= 4 is 194 Å². The predicted molar refractivity (Wildman–Crippen MR) is 292 cm³/mol. The molecule has 0 saturated heterocycles. The summed E-state index contributed by atoms with van der Waals surface area (Å²) in [4.78, 5) is 20.7. The Morgan fingerprint density at radius 1 is 0.304 bits per heavy atom. The van der Waals surface area contributed by atoms with Crippen molar-refractivity contribution in [3.8, 4) is 0 Å². The fraction of sp³-hybridized carbons (Fsp3) is 0.0690. The van der Waals surface area contributed by atoms with Crippen LogP contribution >= 0.6 is 0 Å². The average molecular weight is 946 g/mol. The summed E-state index contributed by atoms with van der Waals surface area (Å²) in [6.07, 6.45) is 0. The van der Waals surface area contributed by atoms with E-state index in [2.05, 4.69) is 213 Å². The second-order valence-corrected chi connectivity index (χ2v) is 22.5. The van der Waals surface area contributed by atoms with Crippen LogP contribution in [0.3, 0.4) is 0 Å². The van der Waals surface area contributed by atoms with Gasteiger partial charge in [0.15, 0.2) is 0 Å². The van der Waals surface area contributed by atoms with Gasteiger partial charge in [0.05, 0.1) is 0 Å². The number of hydrogen-bond acceptors (Lipinski definition) is 8. The standard InChI is InChI=1S/C58H36B2N8Se/c1-61-39-19-11-21-41-51(39)67-49-33(27-29-13-5-7-15-31(29)47(49)63(41)3)59-45-37(23-25-43(61)53(45)67)65-35-17-9-10-18-36(35)66-38-24-26-44-54-46(38)60(58-56(66)55(65)57(59)69-58)34-28-30-14-6-8-16-32(30)48-50(34)68(54)52-40(62(44)2)20-12-22-42(52)64(48)4/h5-28H,1-4H3. The molecule has 9 aliphatic heterocycles. The SMILES string of the molecule is CN1c2cccc3c2N2c4c1ccc1c4B(c4cc5ccccc5c(c42)N3C)c2[se]c3c4c2N1c1ccccc1N4c1ccc2c4c1B3c1cc3ccccc3c3c1N4c1c(cccc1N3C)N2C. The minimum absolute atomic E-state index is 0.0326. The molecule has 8 nitrogen and oxygen atoms in total. The summed E-state index contributed by atoms with van der Waals surface area (Å²) in [6, 6.07) is 56.1. The van der Waals surface area contributed by atoms with Gasteiger partial charge >= 0.3 is 407 Å². The Morgan fingerprint density at radius 2 is 0.681 bits per heavy atom. The number of nitrogens with zero attached hydrogens (tertiary/aromatic N) is 8. The van der Waals surface area contributed by atoms with Gasteiger partial charge in [-0.25, -0.2) is 0 Å². The molecule has 320 valence electrons. The summed E-state index contributed by atoms with van der Waals surface area (Å²) in [6.45, 7) is 0.132. The summed E-state index contributed by atoms with van der Waals surface area (Å²) >= 11 is -0.0326. The van der Waals surface area contributed by atoms with Crippen LogP contribution in [0.5, 0.6) is 0 Å². The number of hydrogen-bond donors (Lipinski definition) is 0. The first-order chi connectivity index (χ1) is 34.0. The van der Waals surface area contributed by atoms with Crippen molar-refractivity contribution in [2.24, 2.45) is 0 Å². The van der Waals surface area contributed by atoms with Crippen molar-refractivity contribution in [2.45, 2.75) is 0 Å². The minimum atomic E-state index is -0.0326. The monoisotopic (exact) mass is 946 g/mol. The number of anilines is 20. The Labute approximate surface area is 404 Å². The molecule has 0 saturated carbocycles. The molecule has 1 aromatic heterocycles. The Balaban J connectivity index is 0.981. The number of fused-ring (bicyclic) bond motifs is 13. The molecule has 9 aromatic carbocycles. The molecule has 0 amide bonds. The molecule has 19 rings (SSSR count). The van der Waals surface area contributed by atoms with Gasteiger partial charge in [0.2, 0.25) is 0 Å². The van der Waals surface area contributed by atoms with Crippen LogP contribution in [0.15, 0.2) is 146 Å². The van der Waals surface area contributed by atoms with Crippen LogP contribution in [0.2, 0.25) is 0 Å². The zero-order chi connectivity index (χ0) is 44.8. The average Bonchev–Trinajstić information content (AvgIpc) is 3.78. The van der Waals surface area contributed by atoms with Crippen molar-refractivity contribution < 1.29 is 0 Å². The molecule has 0 bridgehead atoms. The van der Waals surface area contributed by atoms with E-state index in [9.17, 15) is 0 Å². The van der Waals surface area contributed by atoms with Gasteiger partial charge in [-0.15, -0.1) is 0 Å². The molecule has 10 heterocycles. The van der Waals surface area contributed by atoms with Gasteiger partial charge in [0.1, 0.15) is 0 Å². The van der Waals surface area contributed by atoms with Gasteiger partial charge in [0, 0.05) is 0 Å². The molecule has 0 atom stereocenters. The normalized spacial score (nSPS) is 16.1. The number of para-hydroxylation sites is 4. The molecule has 0 N–H and O–H groups in total. The van der Waals surface area contributed by atoms with E-state index in [1.165, 1.54) is 157 Å². The number of rotatable bonds is 0. The van der Waals surface area contributed by atoms with Gasteiger partial charge in [-0.3, -0.25) is 0 Å². The summed E-state index contributed by atoms with van der Waals surface area (Å²) in [5, 5.41) is 5.18. The van der Waals surface area contributed by atoms with Crippen LogP contribution in [0.4, 0.5) is 114 Å². The molecular formula is C58H36B2N8Se. The summed E-state index contributed by atoms with van der Waals surface area (Å²) in [5.74, 6) is 0. The van der Waals surface area contributed by atoms with E-state index in [4.69, 9.17) is 0 Å². The molecule has 0 radical (unpaired) electrons. The van der Waals surface area contributed by atoms with Crippen LogP contribution in [-0.2, 0) is 0 Å².